The zero-order valence-electron chi connectivity index (χ0n) is 7.61. The predicted molar refractivity (Wildman–Crippen MR) is 48.8 cm³/mol. The summed E-state index contributed by atoms with van der Waals surface area (Å²) in [6.45, 7) is 0. The molecule has 3 N–H and O–H groups in total. The lowest BCUT2D eigenvalue weighted by Gasteiger charge is -2.08. The Hall–Kier alpha value is -1.82. The summed E-state index contributed by atoms with van der Waals surface area (Å²) in [5.74, 6) is -1.33. The summed E-state index contributed by atoms with van der Waals surface area (Å²) in [6, 6.07) is 2.44. The monoisotopic (exact) mass is 210 g/mol. The quantitative estimate of drug-likeness (QED) is 0.780. The largest absolute Gasteiger partial charge is 0.319 e. The van der Waals surface area contributed by atoms with Crippen molar-refractivity contribution < 1.29 is 8.78 Å². The smallest absolute Gasteiger partial charge is 0.126 e. The fourth-order valence-electron chi connectivity index (χ4n) is 1.29. The van der Waals surface area contributed by atoms with E-state index in [4.69, 9.17) is 5.73 Å². The molecule has 0 saturated heterocycles. The van der Waals surface area contributed by atoms with Crippen LogP contribution in [0.3, 0.4) is 0 Å². The average molecular weight is 210 g/mol. The molecule has 0 amide bonds. The van der Waals surface area contributed by atoms with Crippen molar-refractivity contribution in [3.05, 3.63) is 47.3 Å². The first-order chi connectivity index (χ1) is 7.16. The minimum Gasteiger partial charge on any atom is -0.319 e. The molecule has 0 aliphatic carbocycles. The lowest BCUT2D eigenvalue weighted by Crippen LogP contribution is -2.13. The van der Waals surface area contributed by atoms with E-state index in [-0.39, 0.29) is 0 Å². The highest BCUT2D eigenvalue weighted by atomic mass is 19.1. The molecule has 0 spiro atoms. The van der Waals surface area contributed by atoms with E-state index in [1.165, 1.54) is 18.3 Å². The van der Waals surface area contributed by atoms with Gasteiger partial charge in [-0.15, -0.1) is 0 Å². The minimum absolute atomic E-state index is 0.321. The van der Waals surface area contributed by atoms with Crippen LogP contribution in [0.15, 0.2) is 24.4 Å². The van der Waals surface area contributed by atoms with Crippen LogP contribution in [0.2, 0.25) is 0 Å². The fraction of sp³-hybridized carbons (Fsp3) is 0.111. The number of rotatable bonds is 2. The third kappa shape index (κ3) is 1.99. The second kappa shape index (κ2) is 3.74. The molecule has 6 heteroatoms. The van der Waals surface area contributed by atoms with Gasteiger partial charge in [-0.05, 0) is 17.7 Å². The van der Waals surface area contributed by atoms with Gasteiger partial charge in [0.25, 0.3) is 0 Å². The van der Waals surface area contributed by atoms with E-state index in [0.717, 1.165) is 6.07 Å². The van der Waals surface area contributed by atoms with Gasteiger partial charge in [0.1, 0.15) is 17.3 Å². The van der Waals surface area contributed by atoms with Crippen molar-refractivity contribution in [2.24, 2.45) is 5.73 Å². The van der Waals surface area contributed by atoms with Crippen molar-refractivity contribution in [1.82, 2.24) is 15.4 Å². The van der Waals surface area contributed by atoms with Gasteiger partial charge in [0.05, 0.1) is 12.2 Å². The molecule has 1 unspecified atom stereocenters. The van der Waals surface area contributed by atoms with Crippen LogP contribution in [0.25, 0.3) is 0 Å². The summed E-state index contributed by atoms with van der Waals surface area (Å²) >= 11 is 0. The van der Waals surface area contributed by atoms with E-state index < -0.39 is 17.7 Å². The number of hydrogen-bond acceptors (Lipinski definition) is 3. The number of nitrogens with two attached hydrogens (primary N) is 1. The SMILES string of the molecule is NC(c1cc(F)cc(F)c1)c1cn[nH]n1. The van der Waals surface area contributed by atoms with Crippen LogP contribution in [0.1, 0.15) is 17.3 Å². The Morgan fingerprint density at radius 3 is 2.40 bits per heavy atom. The molecule has 0 saturated carbocycles. The van der Waals surface area contributed by atoms with Gasteiger partial charge >= 0.3 is 0 Å². The zero-order valence-corrected chi connectivity index (χ0v) is 7.61. The first-order valence-electron chi connectivity index (χ1n) is 4.24. The number of benzene rings is 1. The predicted octanol–water partition coefficient (Wildman–Crippen LogP) is 1.13. The molecule has 1 aromatic heterocycles. The Balaban J connectivity index is 2.37. The summed E-state index contributed by atoms with van der Waals surface area (Å²) in [7, 11) is 0. The van der Waals surface area contributed by atoms with Crippen LogP contribution in [0.4, 0.5) is 8.78 Å². The molecule has 1 heterocycles. The van der Waals surface area contributed by atoms with Gasteiger partial charge in [0.15, 0.2) is 0 Å². The van der Waals surface area contributed by atoms with Gasteiger partial charge in [0.2, 0.25) is 0 Å². The number of hydrogen-bond donors (Lipinski definition) is 2. The van der Waals surface area contributed by atoms with E-state index in [1.54, 1.807) is 0 Å². The summed E-state index contributed by atoms with van der Waals surface area (Å²) in [5, 5.41) is 9.70. The van der Waals surface area contributed by atoms with Crippen molar-refractivity contribution in [1.29, 1.82) is 0 Å². The lowest BCUT2D eigenvalue weighted by molar-refractivity contribution is 0.577. The lowest BCUT2D eigenvalue weighted by atomic mass is 10.1. The van der Waals surface area contributed by atoms with Gasteiger partial charge in [-0.3, -0.25) is 0 Å². The molecule has 0 radical (unpaired) electrons. The maximum atomic E-state index is 12.9. The highest BCUT2D eigenvalue weighted by Gasteiger charge is 2.13. The molecule has 78 valence electrons. The molecule has 0 aliphatic heterocycles. The van der Waals surface area contributed by atoms with Crippen molar-refractivity contribution in [2.45, 2.75) is 6.04 Å². The van der Waals surface area contributed by atoms with Crippen molar-refractivity contribution in [3.8, 4) is 0 Å². The molecule has 0 fully saturated rings. The van der Waals surface area contributed by atoms with E-state index in [2.05, 4.69) is 15.4 Å². The van der Waals surface area contributed by atoms with E-state index in [1.807, 2.05) is 0 Å². The second-order valence-corrected chi connectivity index (χ2v) is 3.08. The summed E-state index contributed by atoms with van der Waals surface area (Å²) in [4.78, 5) is 0. The van der Waals surface area contributed by atoms with Crippen LogP contribution < -0.4 is 5.73 Å². The normalized spacial score (nSPS) is 12.7. The second-order valence-electron chi connectivity index (χ2n) is 3.08. The van der Waals surface area contributed by atoms with Gasteiger partial charge in [0, 0.05) is 6.07 Å². The van der Waals surface area contributed by atoms with Crippen LogP contribution in [0, 0.1) is 11.6 Å². The van der Waals surface area contributed by atoms with Gasteiger partial charge in [-0.1, -0.05) is 0 Å². The molecule has 2 rings (SSSR count). The van der Waals surface area contributed by atoms with Crippen molar-refractivity contribution >= 4 is 0 Å². The number of aromatic nitrogens is 3. The molecule has 15 heavy (non-hydrogen) atoms. The molecule has 0 bridgehead atoms. The van der Waals surface area contributed by atoms with Gasteiger partial charge < -0.3 is 5.73 Å². The Kier molecular flexibility index (Phi) is 2.42. The Morgan fingerprint density at radius 2 is 1.87 bits per heavy atom. The van der Waals surface area contributed by atoms with Crippen LogP contribution in [-0.4, -0.2) is 15.4 Å². The zero-order chi connectivity index (χ0) is 10.8. The van der Waals surface area contributed by atoms with E-state index in [0.29, 0.717) is 11.3 Å². The molecule has 1 aromatic carbocycles. The molecular formula is C9H8F2N4. The summed E-state index contributed by atoms with van der Waals surface area (Å²) in [5.41, 5.74) is 6.49. The molecule has 0 aliphatic rings. The molecule has 2 aromatic rings. The third-order valence-electron chi connectivity index (χ3n) is 2.00. The third-order valence-corrected chi connectivity index (χ3v) is 2.00. The highest BCUT2D eigenvalue weighted by molar-refractivity contribution is 5.26. The van der Waals surface area contributed by atoms with E-state index in [9.17, 15) is 8.78 Å². The number of H-pyrrole nitrogens is 1. The Morgan fingerprint density at radius 1 is 1.20 bits per heavy atom. The number of halogens is 2. The van der Waals surface area contributed by atoms with Crippen molar-refractivity contribution in [3.63, 3.8) is 0 Å². The minimum atomic E-state index is -0.686. The topological polar surface area (TPSA) is 67.6 Å². The average Bonchev–Trinajstić information content (AvgIpc) is 2.67. The number of nitrogens with zero attached hydrogens (tertiary/aromatic N) is 2. The Labute approximate surface area is 84.1 Å². The first kappa shape index (κ1) is 9.72. The molecule has 1 atom stereocenters. The summed E-state index contributed by atoms with van der Waals surface area (Å²) in [6.07, 6.45) is 1.41. The number of nitrogens with one attached hydrogen (secondary N) is 1. The van der Waals surface area contributed by atoms with Gasteiger partial charge in [-0.25, -0.2) is 8.78 Å². The molecular weight excluding hydrogens is 202 g/mol. The number of aromatic amines is 1. The van der Waals surface area contributed by atoms with Crippen molar-refractivity contribution in [2.75, 3.05) is 0 Å². The van der Waals surface area contributed by atoms with Gasteiger partial charge in [-0.2, -0.15) is 15.4 Å². The van der Waals surface area contributed by atoms with Crippen LogP contribution >= 0.6 is 0 Å². The summed E-state index contributed by atoms with van der Waals surface area (Å²) < 4.78 is 25.8. The van der Waals surface area contributed by atoms with Crippen LogP contribution in [0.5, 0.6) is 0 Å². The maximum Gasteiger partial charge on any atom is 0.126 e. The first-order valence-corrected chi connectivity index (χ1v) is 4.24. The highest BCUT2D eigenvalue weighted by Crippen LogP contribution is 2.18. The molecule has 4 nitrogen and oxygen atoms in total. The van der Waals surface area contributed by atoms with Crippen LogP contribution in [-0.2, 0) is 0 Å². The standard InChI is InChI=1S/C9H8F2N4/c10-6-1-5(2-7(11)3-6)9(12)8-4-13-15-14-8/h1-4,9H,12H2,(H,13,14,15). The maximum absolute atomic E-state index is 12.9. The fourth-order valence-corrected chi connectivity index (χ4v) is 1.29. The van der Waals surface area contributed by atoms with E-state index >= 15 is 0 Å². The Bertz CT molecular complexity index is 435.